The van der Waals surface area contributed by atoms with Crippen LogP contribution in [0.3, 0.4) is 0 Å². The van der Waals surface area contributed by atoms with Crippen molar-refractivity contribution in [2.24, 2.45) is 0 Å². The van der Waals surface area contributed by atoms with Crippen molar-refractivity contribution in [1.29, 1.82) is 0 Å². The van der Waals surface area contributed by atoms with E-state index in [9.17, 15) is 25.2 Å². The molecule has 0 aromatic heterocycles. The minimum Gasteiger partial charge on any atom is -0.394 e. The average molecular weight is 626 g/mol. The fourth-order valence-corrected chi connectivity index (χ4v) is 5.87. The Bertz CT molecular complexity index is 628. The van der Waals surface area contributed by atoms with Gasteiger partial charge in [-0.05, 0) is 38.5 Å². The molecule has 0 fully saturated rings. The maximum absolute atomic E-state index is 12.4. The summed E-state index contributed by atoms with van der Waals surface area (Å²) < 4.78 is 0. The molecule has 0 aromatic rings. The molecule has 0 aliphatic heterocycles. The molecule has 1 amide bonds. The first-order chi connectivity index (χ1) is 21.5. The summed E-state index contributed by atoms with van der Waals surface area (Å²) in [5.74, 6) is -0.596. The summed E-state index contributed by atoms with van der Waals surface area (Å²) in [4.78, 5) is 12.4. The molecule has 0 rings (SSSR count). The van der Waals surface area contributed by atoms with E-state index >= 15 is 0 Å². The van der Waals surface area contributed by atoms with E-state index in [4.69, 9.17) is 0 Å². The van der Waals surface area contributed by atoms with Gasteiger partial charge in [-0.15, -0.1) is 0 Å². The van der Waals surface area contributed by atoms with Crippen LogP contribution in [-0.2, 0) is 4.79 Å². The molecular weight excluding hydrogens is 550 g/mol. The van der Waals surface area contributed by atoms with Crippen LogP contribution in [0.15, 0.2) is 12.2 Å². The van der Waals surface area contributed by atoms with Crippen molar-refractivity contribution in [3.05, 3.63) is 12.2 Å². The summed E-state index contributed by atoms with van der Waals surface area (Å²) in [5.41, 5.74) is 0. The lowest BCUT2D eigenvalue weighted by molar-refractivity contribution is -0.132. The molecule has 0 radical (unpaired) electrons. The third kappa shape index (κ3) is 27.4. The number of hydrogen-bond donors (Lipinski definition) is 5. The second-order valence-electron chi connectivity index (χ2n) is 13.3. The van der Waals surface area contributed by atoms with Crippen LogP contribution in [0.2, 0.25) is 0 Å². The number of aliphatic hydroxyl groups excluding tert-OH is 4. The Morgan fingerprint density at radius 2 is 0.932 bits per heavy atom. The van der Waals surface area contributed by atoms with E-state index in [0.29, 0.717) is 12.8 Å². The van der Waals surface area contributed by atoms with Gasteiger partial charge in [0.2, 0.25) is 5.91 Å². The molecule has 262 valence electrons. The van der Waals surface area contributed by atoms with Gasteiger partial charge in [-0.1, -0.05) is 167 Å². The molecule has 4 unspecified atom stereocenters. The average Bonchev–Trinajstić information content (AvgIpc) is 3.03. The quantitative estimate of drug-likeness (QED) is 0.0362. The Morgan fingerprint density at radius 1 is 0.545 bits per heavy atom. The lowest BCUT2D eigenvalue weighted by Gasteiger charge is -2.27. The zero-order valence-electron chi connectivity index (χ0n) is 29.2. The molecule has 0 bridgehead atoms. The minimum atomic E-state index is -1.27. The number of aliphatic hydroxyl groups is 4. The predicted molar refractivity (Wildman–Crippen MR) is 187 cm³/mol. The highest BCUT2D eigenvalue weighted by atomic mass is 16.3. The Hall–Kier alpha value is -0.950. The highest BCUT2D eigenvalue weighted by Crippen LogP contribution is 2.15. The first kappa shape index (κ1) is 43.0. The maximum Gasteiger partial charge on any atom is 0.249 e. The highest BCUT2D eigenvalue weighted by molar-refractivity contribution is 5.80. The van der Waals surface area contributed by atoms with Crippen molar-refractivity contribution in [3.63, 3.8) is 0 Å². The first-order valence-electron chi connectivity index (χ1n) is 19.1. The monoisotopic (exact) mass is 626 g/mol. The molecule has 0 heterocycles. The van der Waals surface area contributed by atoms with Crippen LogP contribution >= 0.6 is 0 Å². The van der Waals surface area contributed by atoms with E-state index in [0.717, 1.165) is 38.5 Å². The molecule has 5 N–H and O–H groups in total. The van der Waals surface area contributed by atoms with Gasteiger partial charge in [0.05, 0.1) is 18.8 Å². The first-order valence-corrected chi connectivity index (χ1v) is 19.1. The molecule has 44 heavy (non-hydrogen) atoms. The van der Waals surface area contributed by atoms with Gasteiger partial charge in [0.25, 0.3) is 0 Å². The normalized spacial score (nSPS) is 14.6. The minimum absolute atomic E-state index is 0.365. The van der Waals surface area contributed by atoms with E-state index in [1.807, 2.05) is 0 Å². The highest BCUT2D eigenvalue weighted by Gasteiger charge is 2.28. The second-order valence-corrected chi connectivity index (χ2v) is 13.3. The Labute approximate surface area is 272 Å². The molecule has 0 saturated heterocycles. The third-order valence-electron chi connectivity index (χ3n) is 8.98. The molecule has 0 saturated carbocycles. The van der Waals surface area contributed by atoms with Crippen LogP contribution in [0.4, 0.5) is 0 Å². The Kier molecular flexibility index (Phi) is 32.7. The standard InChI is InChI=1S/C38H75NO5/c1-3-5-7-9-11-13-14-15-16-17-18-19-20-21-22-24-25-27-29-31-35(41)37(43)34(33-40)39-38(44)36(42)32-30-28-26-23-12-10-8-6-4-2/h24-25,34-37,40-43H,3-23,26-33H2,1-2H3,(H,39,44)/b25-24+. The second kappa shape index (κ2) is 33.4. The number of nitrogens with one attached hydrogen (secondary N) is 1. The molecule has 0 aliphatic rings. The predicted octanol–water partition coefficient (Wildman–Crippen LogP) is 9.07. The lowest BCUT2D eigenvalue weighted by atomic mass is 10.00. The number of rotatable bonds is 34. The summed E-state index contributed by atoms with van der Waals surface area (Å²) in [5, 5.41) is 43.3. The van der Waals surface area contributed by atoms with E-state index < -0.39 is 36.9 Å². The molecule has 6 heteroatoms. The van der Waals surface area contributed by atoms with Gasteiger partial charge >= 0.3 is 0 Å². The number of unbranched alkanes of at least 4 members (excludes halogenated alkanes) is 23. The zero-order valence-corrected chi connectivity index (χ0v) is 29.2. The molecule has 4 atom stereocenters. The number of carbonyl (C=O) groups is 1. The number of hydrogen-bond acceptors (Lipinski definition) is 5. The van der Waals surface area contributed by atoms with Gasteiger partial charge in [0.1, 0.15) is 12.2 Å². The summed E-state index contributed by atoms with van der Waals surface area (Å²) in [6, 6.07) is -0.994. The molecule has 0 aromatic carbocycles. The number of allylic oxidation sites excluding steroid dienone is 2. The summed E-state index contributed by atoms with van der Waals surface area (Å²) in [6.45, 7) is 4.00. The van der Waals surface area contributed by atoms with Crippen molar-refractivity contribution in [1.82, 2.24) is 5.32 Å². The van der Waals surface area contributed by atoms with Crippen molar-refractivity contribution < 1.29 is 25.2 Å². The van der Waals surface area contributed by atoms with Gasteiger partial charge < -0.3 is 25.7 Å². The summed E-state index contributed by atoms with van der Waals surface area (Å²) in [6.07, 6.45) is 33.9. The lowest BCUT2D eigenvalue weighted by Crippen LogP contribution is -2.53. The van der Waals surface area contributed by atoms with E-state index in [2.05, 4.69) is 31.3 Å². The third-order valence-corrected chi connectivity index (χ3v) is 8.98. The van der Waals surface area contributed by atoms with Crippen LogP contribution in [-0.4, -0.2) is 57.3 Å². The zero-order chi connectivity index (χ0) is 32.5. The van der Waals surface area contributed by atoms with Crippen molar-refractivity contribution in [3.8, 4) is 0 Å². The van der Waals surface area contributed by atoms with Crippen molar-refractivity contribution >= 4 is 5.91 Å². The van der Waals surface area contributed by atoms with Crippen molar-refractivity contribution in [2.45, 2.75) is 218 Å². The van der Waals surface area contributed by atoms with Crippen LogP contribution in [0.25, 0.3) is 0 Å². The smallest absolute Gasteiger partial charge is 0.249 e. The topological polar surface area (TPSA) is 110 Å². The Balaban J connectivity index is 3.79. The van der Waals surface area contributed by atoms with Gasteiger partial charge in [0, 0.05) is 0 Å². The Morgan fingerprint density at radius 3 is 1.36 bits per heavy atom. The molecule has 0 spiro atoms. The molecule has 6 nitrogen and oxygen atoms in total. The van der Waals surface area contributed by atoms with E-state index in [1.54, 1.807) is 0 Å². The number of carbonyl (C=O) groups excluding carboxylic acids is 1. The van der Waals surface area contributed by atoms with Gasteiger partial charge in [-0.25, -0.2) is 0 Å². The summed E-state index contributed by atoms with van der Waals surface area (Å²) in [7, 11) is 0. The van der Waals surface area contributed by atoms with Crippen LogP contribution in [0.1, 0.15) is 194 Å². The maximum atomic E-state index is 12.4. The van der Waals surface area contributed by atoms with E-state index in [1.165, 1.54) is 128 Å². The van der Waals surface area contributed by atoms with Gasteiger partial charge in [-0.2, -0.15) is 0 Å². The summed E-state index contributed by atoms with van der Waals surface area (Å²) >= 11 is 0. The molecule has 0 aliphatic carbocycles. The van der Waals surface area contributed by atoms with Gasteiger partial charge in [-0.3, -0.25) is 4.79 Å². The van der Waals surface area contributed by atoms with Crippen LogP contribution in [0, 0.1) is 0 Å². The van der Waals surface area contributed by atoms with Crippen LogP contribution in [0.5, 0.6) is 0 Å². The number of amides is 1. The van der Waals surface area contributed by atoms with Crippen molar-refractivity contribution in [2.75, 3.05) is 6.61 Å². The van der Waals surface area contributed by atoms with Crippen LogP contribution < -0.4 is 5.32 Å². The fourth-order valence-electron chi connectivity index (χ4n) is 5.87. The van der Waals surface area contributed by atoms with Gasteiger partial charge in [0.15, 0.2) is 0 Å². The molecular formula is C38H75NO5. The SMILES string of the molecule is CCCCCCCCCCCCCCCC/C=C/CCCC(O)C(O)C(CO)NC(=O)C(O)CCCCCCCCCCC. The largest absolute Gasteiger partial charge is 0.394 e. The van der Waals surface area contributed by atoms with E-state index in [-0.39, 0.29) is 0 Å². The fraction of sp³-hybridized carbons (Fsp3) is 0.921.